The highest BCUT2D eigenvalue weighted by atomic mass is 16.5. The van der Waals surface area contributed by atoms with Gasteiger partial charge in [-0.2, -0.15) is 0 Å². The lowest BCUT2D eigenvalue weighted by molar-refractivity contribution is -0.137. The van der Waals surface area contributed by atoms with Crippen molar-refractivity contribution in [3.63, 3.8) is 0 Å². The smallest absolute Gasteiger partial charge is 0.304 e. The van der Waals surface area contributed by atoms with Crippen LogP contribution in [0.1, 0.15) is 30.6 Å². The van der Waals surface area contributed by atoms with Crippen LogP contribution in [0.25, 0.3) is 0 Å². The lowest BCUT2D eigenvalue weighted by Gasteiger charge is -2.23. The number of Topliss-reactive ketones (excluding diaryl/α,β-unsaturated/α-hetero) is 1. The summed E-state index contributed by atoms with van der Waals surface area (Å²) in [4.78, 5) is 34.2. The Kier molecular flexibility index (Phi) is 3.74. The summed E-state index contributed by atoms with van der Waals surface area (Å²) in [6.45, 7) is 3.18. The number of fused-ring (bicyclic) bond motifs is 1. The SMILES string of the molecule is CC(CC(=O)O)C(=O)c1ccc2c(c1)OC(C)C(=O)N2. The molecule has 0 aliphatic carbocycles. The standard InChI is InChI=1S/C14H15NO5/c1-7(5-12(16)17)13(18)9-3-4-10-11(6-9)20-8(2)14(19)15-10/h3-4,6-8H,5H2,1-2H3,(H,15,19)(H,16,17). The first kappa shape index (κ1) is 14.0. The Labute approximate surface area is 115 Å². The first-order chi connectivity index (χ1) is 9.38. The number of aliphatic carboxylic acids is 1. The molecule has 20 heavy (non-hydrogen) atoms. The number of ketones is 1. The predicted octanol–water partition coefficient (Wildman–Crippen LogP) is 1.70. The summed E-state index contributed by atoms with van der Waals surface area (Å²) < 4.78 is 5.42. The summed E-state index contributed by atoms with van der Waals surface area (Å²) in [6.07, 6.45) is -0.839. The Morgan fingerprint density at radius 2 is 2.15 bits per heavy atom. The Morgan fingerprint density at radius 1 is 1.45 bits per heavy atom. The van der Waals surface area contributed by atoms with E-state index in [9.17, 15) is 14.4 Å². The van der Waals surface area contributed by atoms with Crippen LogP contribution in [-0.2, 0) is 9.59 Å². The van der Waals surface area contributed by atoms with Crippen molar-refractivity contribution in [1.29, 1.82) is 0 Å². The van der Waals surface area contributed by atoms with E-state index in [1.807, 2.05) is 0 Å². The van der Waals surface area contributed by atoms with Crippen LogP contribution in [0.4, 0.5) is 5.69 Å². The van der Waals surface area contributed by atoms with E-state index < -0.39 is 18.0 Å². The zero-order valence-corrected chi connectivity index (χ0v) is 11.2. The first-order valence-corrected chi connectivity index (χ1v) is 6.26. The van der Waals surface area contributed by atoms with Gasteiger partial charge in [-0.15, -0.1) is 0 Å². The van der Waals surface area contributed by atoms with Crippen molar-refractivity contribution < 1.29 is 24.2 Å². The van der Waals surface area contributed by atoms with Gasteiger partial charge >= 0.3 is 5.97 Å². The number of ether oxygens (including phenoxy) is 1. The highest BCUT2D eigenvalue weighted by molar-refractivity contribution is 6.02. The van der Waals surface area contributed by atoms with Gasteiger partial charge in [0.15, 0.2) is 11.9 Å². The van der Waals surface area contributed by atoms with E-state index in [0.29, 0.717) is 17.0 Å². The Bertz CT molecular complexity index is 581. The zero-order chi connectivity index (χ0) is 14.9. The van der Waals surface area contributed by atoms with Gasteiger partial charge in [0.2, 0.25) is 0 Å². The van der Waals surface area contributed by atoms with Crippen molar-refractivity contribution in [2.45, 2.75) is 26.4 Å². The number of amides is 1. The van der Waals surface area contributed by atoms with Crippen LogP contribution in [0.2, 0.25) is 0 Å². The second-order valence-electron chi connectivity index (χ2n) is 4.82. The topological polar surface area (TPSA) is 92.7 Å². The molecule has 2 atom stereocenters. The minimum absolute atomic E-state index is 0.218. The van der Waals surface area contributed by atoms with E-state index in [2.05, 4.69) is 5.32 Å². The molecule has 1 aliphatic heterocycles. The van der Waals surface area contributed by atoms with Crippen molar-refractivity contribution in [2.24, 2.45) is 5.92 Å². The maximum absolute atomic E-state index is 12.1. The molecule has 1 aromatic carbocycles. The van der Waals surface area contributed by atoms with Crippen molar-refractivity contribution in [1.82, 2.24) is 0 Å². The van der Waals surface area contributed by atoms with Gasteiger partial charge in [0.05, 0.1) is 12.1 Å². The number of hydrogen-bond donors (Lipinski definition) is 2. The van der Waals surface area contributed by atoms with Gasteiger partial charge < -0.3 is 15.2 Å². The first-order valence-electron chi connectivity index (χ1n) is 6.26. The normalized spacial score (nSPS) is 18.5. The molecule has 1 amide bonds. The number of hydrogen-bond acceptors (Lipinski definition) is 4. The summed E-state index contributed by atoms with van der Waals surface area (Å²) in [5, 5.41) is 11.4. The third-order valence-corrected chi connectivity index (χ3v) is 3.13. The van der Waals surface area contributed by atoms with Gasteiger partial charge in [0.1, 0.15) is 5.75 Å². The molecule has 0 spiro atoms. The van der Waals surface area contributed by atoms with E-state index in [-0.39, 0.29) is 18.1 Å². The van der Waals surface area contributed by atoms with Crippen LogP contribution in [0.5, 0.6) is 5.75 Å². The summed E-state index contributed by atoms with van der Waals surface area (Å²) in [7, 11) is 0. The average Bonchev–Trinajstić information content (AvgIpc) is 2.38. The molecule has 0 bridgehead atoms. The van der Waals surface area contributed by atoms with E-state index in [0.717, 1.165) is 0 Å². The van der Waals surface area contributed by atoms with E-state index in [1.54, 1.807) is 26.0 Å². The number of carboxylic acid groups (broad SMARTS) is 1. The molecular weight excluding hydrogens is 262 g/mol. The summed E-state index contributed by atoms with van der Waals surface area (Å²) in [5.74, 6) is -1.70. The molecule has 1 heterocycles. The lowest BCUT2D eigenvalue weighted by atomic mass is 9.96. The average molecular weight is 277 g/mol. The lowest BCUT2D eigenvalue weighted by Crippen LogP contribution is -2.34. The molecule has 6 nitrogen and oxygen atoms in total. The molecule has 1 aromatic rings. The molecule has 0 fully saturated rings. The zero-order valence-electron chi connectivity index (χ0n) is 11.2. The molecule has 0 saturated carbocycles. The minimum atomic E-state index is -1.01. The van der Waals surface area contributed by atoms with E-state index in [1.165, 1.54) is 6.07 Å². The van der Waals surface area contributed by atoms with Gasteiger partial charge in [-0.1, -0.05) is 6.92 Å². The van der Waals surface area contributed by atoms with Gasteiger partial charge in [0.25, 0.3) is 5.91 Å². The molecule has 106 valence electrons. The third-order valence-electron chi connectivity index (χ3n) is 3.13. The number of benzene rings is 1. The van der Waals surface area contributed by atoms with Crippen LogP contribution >= 0.6 is 0 Å². The van der Waals surface area contributed by atoms with Crippen molar-refractivity contribution >= 4 is 23.3 Å². The largest absolute Gasteiger partial charge is 0.481 e. The maximum atomic E-state index is 12.1. The molecule has 0 radical (unpaired) electrons. The molecule has 1 aliphatic rings. The predicted molar refractivity (Wildman–Crippen MR) is 70.9 cm³/mol. The molecule has 0 saturated heterocycles. The maximum Gasteiger partial charge on any atom is 0.304 e. The number of carbonyl (C=O) groups excluding carboxylic acids is 2. The van der Waals surface area contributed by atoms with Gasteiger partial charge in [-0.25, -0.2) is 0 Å². The summed E-state index contributed by atoms with van der Waals surface area (Å²) in [6, 6.07) is 4.67. The second kappa shape index (κ2) is 5.32. The second-order valence-corrected chi connectivity index (χ2v) is 4.82. The van der Waals surface area contributed by atoms with Crippen molar-refractivity contribution in [3.8, 4) is 5.75 Å². The van der Waals surface area contributed by atoms with Gasteiger partial charge in [0, 0.05) is 11.5 Å². The number of carbonyl (C=O) groups is 3. The van der Waals surface area contributed by atoms with Gasteiger partial charge in [-0.3, -0.25) is 14.4 Å². The van der Waals surface area contributed by atoms with Crippen LogP contribution < -0.4 is 10.1 Å². The Hall–Kier alpha value is -2.37. The number of carboxylic acids is 1. The summed E-state index contributed by atoms with van der Waals surface area (Å²) >= 11 is 0. The van der Waals surface area contributed by atoms with E-state index in [4.69, 9.17) is 9.84 Å². The molecule has 2 rings (SSSR count). The fourth-order valence-electron chi connectivity index (χ4n) is 1.99. The van der Waals surface area contributed by atoms with Crippen LogP contribution in [0.15, 0.2) is 18.2 Å². The fraction of sp³-hybridized carbons (Fsp3) is 0.357. The number of anilines is 1. The Morgan fingerprint density at radius 3 is 2.80 bits per heavy atom. The van der Waals surface area contributed by atoms with Crippen LogP contribution in [-0.4, -0.2) is 28.9 Å². The van der Waals surface area contributed by atoms with E-state index >= 15 is 0 Å². The van der Waals surface area contributed by atoms with Crippen molar-refractivity contribution in [2.75, 3.05) is 5.32 Å². The number of nitrogens with one attached hydrogen (secondary N) is 1. The third kappa shape index (κ3) is 2.79. The highest BCUT2D eigenvalue weighted by Gasteiger charge is 2.25. The molecule has 2 N–H and O–H groups in total. The monoisotopic (exact) mass is 277 g/mol. The number of rotatable bonds is 4. The molecule has 6 heteroatoms. The van der Waals surface area contributed by atoms with Crippen LogP contribution in [0.3, 0.4) is 0 Å². The molecular formula is C14H15NO5. The molecule has 2 unspecified atom stereocenters. The quantitative estimate of drug-likeness (QED) is 0.817. The minimum Gasteiger partial charge on any atom is -0.481 e. The van der Waals surface area contributed by atoms with Crippen molar-refractivity contribution in [3.05, 3.63) is 23.8 Å². The fourth-order valence-corrected chi connectivity index (χ4v) is 1.99. The van der Waals surface area contributed by atoms with Crippen LogP contribution in [0, 0.1) is 5.92 Å². The van der Waals surface area contributed by atoms with Gasteiger partial charge in [-0.05, 0) is 25.1 Å². The highest BCUT2D eigenvalue weighted by Crippen LogP contribution is 2.31. The summed E-state index contributed by atoms with van der Waals surface area (Å²) in [5.41, 5.74) is 0.886. The molecule has 0 aromatic heterocycles. The Balaban J connectivity index is 2.23.